The lowest BCUT2D eigenvalue weighted by atomic mass is 9.91. The number of ether oxygens (including phenoxy) is 1. The van der Waals surface area contributed by atoms with E-state index in [2.05, 4.69) is 4.98 Å². The molecule has 1 heterocycles. The van der Waals surface area contributed by atoms with E-state index in [1.807, 2.05) is 20.8 Å². The van der Waals surface area contributed by atoms with Crippen LogP contribution in [-0.2, 0) is 10.2 Å². The topological polar surface area (TPSA) is 72.6 Å². The van der Waals surface area contributed by atoms with E-state index in [-0.39, 0.29) is 17.3 Å². The number of hydrogen-bond acceptors (Lipinski definition) is 4. The monoisotopic (exact) mass is 227 g/mol. The summed E-state index contributed by atoms with van der Waals surface area (Å²) in [4.78, 5) is 15.2. The number of hydrogen-bond donors (Lipinski definition) is 1. The first-order valence-electron chi connectivity index (χ1n) is 5.04. The van der Waals surface area contributed by atoms with E-state index in [1.165, 1.54) is 7.11 Å². The summed E-state index contributed by atoms with van der Waals surface area (Å²) in [5.74, 6) is -0.914. The molecule has 1 atom stereocenters. The quantitative estimate of drug-likeness (QED) is 0.858. The van der Waals surface area contributed by atoms with Gasteiger partial charge in [0.2, 0.25) is 11.7 Å². The van der Waals surface area contributed by atoms with Crippen LogP contribution in [0.5, 0.6) is 0 Å². The van der Waals surface area contributed by atoms with Crippen LogP contribution in [-0.4, -0.2) is 23.2 Å². The van der Waals surface area contributed by atoms with Crippen LogP contribution in [0.1, 0.15) is 55.9 Å². The van der Waals surface area contributed by atoms with Gasteiger partial charge in [0.05, 0.1) is 5.69 Å². The molecule has 0 spiro atoms. The molecule has 16 heavy (non-hydrogen) atoms. The van der Waals surface area contributed by atoms with Crippen LogP contribution in [0, 0.1) is 0 Å². The van der Waals surface area contributed by atoms with E-state index in [0.29, 0.717) is 11.6 Å². The molecule has 0 aliphatic carbocycles. The minimum Gasteiger partial charge on any atom is -0.475 e. The second kappa shape index (κ2) is 4.25. The fourth-order valence-electron chi connectivity index (χ4n) is 1.26. The zero-order chi connectivity index (χ0) is 12.5. The first-order valence-corrected chi connectivity index (χ1v) is 5.04. The van der Waals surface area contributed by atoms with E-state index in [4.69, 9.17) is 14.3 Å². The zero-order valence-electron chi connectivity index (χ0n) is 10.2. The van der Waals surface area contributed by atoms with Crippen molar-refractivity contribution in [2.24, 2.45) is 0 Å². The molecule has 1 aromatic heterocycles. The van der Waals surface area contributed by atoms with Gasteiger partial charge in [-0.05, 0) is 6.92 Å². The van der Waals surface area contributed by atoms with Gasteiger partial charge in [-0.15, -0.1) is 0 Å². The summed E-state index contributed by atoms with van der Waals surface area (Å²) in [5, 5.41) is 9.02. The lowest BCUT2D eigenvalue weighted by Crippen LogP contribution is -2.16. The van der Waals surface area contributed by atoms with Gasteiger partial charge in [-0.1, -0.05) is 20.8 Å². The number of carbonyl (C=O) groups is 1. The molecule has 5 heteroatoms. The molecule has 0 bridgehead atoms. The van der Waals surface area contributed by atoms with E-state index in [0.717, 1.165) is 0 Å². The van der Waals surface area contributed by atoms with Gasteiger partial charge >= 0.3 is 5.97 Å². The minimum atomic E-state index is -1.10. The lowest BCUT2D eigenvalue weighted by molar-refractivity contribution is 0.0633. The second-order valence-electron chi connectivity index (χ2n) is 4.66. The maximum Gasteiger partial charge on any atom is 0.373 e. The summed E-state index contributed by atoms with van der Waals surface area (Å²) in [5.41, 5.74) is 0.0713. The molecule has 1 aromatic rings. The molecule has 5 nitrogen and oxygen atoms in total. The van der Waals surface area contributed by atoms with Crippen molar-refractivity contribution in [2.45, 2.75) is 39.2 Å². The van der Waals surface area contributed by atoms with Gasteiger partial charge in [-0.3, -0.25) is 0 Å². The molecule has 1 unspecified atom stereocenters. The average molecular weight is 227 g/mol. The molecule has 0 aromatic carbocycles. The Kier molecular flexibility index (Phi) is 3.38. The number of aromatic carboxylic acids is 1. The second-order valence-corrected chi connectivity index (χ2v) is 4.66. The van der Waals surface area contributed by atoms with Crippen molar-refractivity contribution in [1.82, 2.24) is 4.98 Å². The van der Waals surface area contributed by atoms with Crippen molar-refractivity contribution in [1.29, 1.82) is 0 Å². The summed E-state index contributed by atoms with van der Waals surface area (Å²) < 4.78 is 10.3. The molecular weight excluding hydrogens is 210 g/mol. The van der Waals surface area contributed by atoms with Crippen molar-refractivity contribution in [2.75, 3.05) is 7.11 Å². The zero-order valence-corrected chi connectivity index (χ0v) is 10.2. The highest BCUT2D eigenvalue weighted by atomic mass is 16.5. The maximum absolute atomic E-state index is 11.0. The number of nitrogens with zero attached hydrogens (tertiary/aromatic N) is 1. The Hall–Kier alpha value is -1.36. The molecule has 1 rings (SSSR count). The Labute approximate surface area is 94.4 Å². The Morgan fingerprint density at radius 1 is 1.50 bits per heavy atom. The van der Waals surface area contributed by atoms with Crippen molar-refractivity contribution in [3.05, 3.63) is 17.3 Å². The summed E-state index contributed by atoms with van der Waals surface area (Å²) in [7, 11) is 1.52. The van der Waals surface area contributed by atoms with Crippen LogP contribution in [0.3, 0.4) is 0 Å². The van der Waals surface area contributed by atoms with Crippen LogP contribution < -0.4 is 0 Å². The lowest BCUT2D eigenvalue weighted by Gasteiger charge is -2.14. The van der Waals surface area contributed by atoms with Gasteiger partial charge in [-0.25, -0.2) is 9.78 Å². The third-order valence-corrected chi connectivity index (χ3v) is 2.25. The highest BCUT2D eigenvalue weighted by Crippen LogP contribution is 2.28. The van der Waals surface area contributed by atoms with Gasteiger partial charge in [0.1, 0.15) is 6.10 Å². The first kappa shape index (κ1) is 12.7. The number of methoxy groups -OCH3 is 1. The van der Waals surface area contributed by atoms with Crippen molar-refractivity contribution in [3.8, 4) is 0 Å². The summed E-state index contributed by atoms with van der Waals surface area (Å²) in [6.07, 6.45) is -0.353. The van der Waals surface area contributed by atoms with Crippen molar-refractivity contribution in [3.63, 3.8) is 0 Å². The number of oxazole rings is 1. The standard InChI is InChI=1S/C11H17NO4/c1-6(15-5)9-12-8(11(2,3)4)7(16-9)10(13)14/h6H,1-5H3,(H,13,14). The van der Waals surface area contributed by atoms with Gasteiger partial charge < -0.3 is 14.3 Å². The molecule has 1 N–H and O–H groups in total. The van der Waals surface area contributed by atoms with Crippen LogP contribution in [0.2, 0.25) is 0 Å². The third kappa shape index (κ3) is 2.41. The average Bonchev–Trinajstić information content (AvgIpc) is 2.60. The largest absolute Gasteiger partial charge is 0.475 e. The van der Waals surface area contributed by atoms with E-state index < -0.39 is 5.97 Å². The molecule has 0 fully saturated rings. The summed E-state index contributed by atoms with van der Waals surface area (Å²) in [6.45, 7) is 7.42. The van der Waals surface area contributed by atoms with Crippen molar-refractivity contribution < 1.29 is 19.1 Å². The SMILES string of the molecule is COC(C)c1nc(C(C)(C)C)c(C(=O)O)o1. The molecule has 0 radical (unpaired) electrons. The number of carboxylic acids is 1. The molecule has 0 aliphatic heterocycles. The molecule has 0 amide bonds. The fraction of sp³-hybridized carbons (Fsp3) is 0.636. The Morgan fingerprint density at radius 3 is 2.38 bits per heavy atom. The predicted octanol–water partition coefficient (Wildman–Crippen LogP) is 2.38. The van der Waals surface area contributed by atoms with Crippen LogP contribution in [0.15, 0.2) is 4.42 Å². The van der Waals surface area contributed by atoms with Gasteiger partial charge in [0.25, 0.3) is 0 Å². The molecule has 0 saturated carbocycles. The smallest absolute Gasteiger partial charge is 0.373 e. The Balaban J connectivity index is 3.26. The number of aromatic nitrogens is 1. The number of carboxylic acid groups (broad SMARTS) is 1. The van der Waals surface area contributed by atoms with Crippen LogP contribution in [0.25, 0.3) is 0 Å². The number of rotatable bonds is 3. The maximum atomic E-state index is 11.0. The fourth-order valence-corrected chi connectivity index (χ4v) is 1.26. The molecular formula is C11H17NO4. The van der Waals surface area contributed by atoms with Crippen LogP contribution in [0.4, 0.5) is 0 Å². The van der Waals surface area contributed by atoms with E-state index in [1.54, 1.807) is 6.92 Å². The summed E-state index contributed by atoms with van der Waals surface area (Å²) in [6, 6.07) is 0. The van der Waals surface area contributed by atoms with Crippen molar-refractivity contribution >= 4 is 5.97 Å². The van der Waals surface area contributed by atoms with E-state index in [9.17, 15) is 4.79 Å². The summed E-state index contributed by atoms with van der Waals surface area (Å²) >= 11 is 0. The molecule has 0 saturated heterocycles. The van der Waals surface area contributed by atoms with Crippen LogP contribution >= 0.6 is 0 Å². The third-order valence-electron chi connectivity index (χ3n) is 2.25. The molecule has 0 aliphatic rings. The van der Waals surface area contributed by atoms with Gasteiger partial charge in [0.15, 0.2) is 0 Å². The Bertz CT molecular complexity index is 389. The minimum absolute atomic E-state index is 0.105. The normalized spacial score (nSPS) is 13.8. The first-order chi connectivity index (χ1) is 7.27. The molecule has 90 valence electrons. The highest BCUT2D eigenvalue weighted by Gasteiger charge is 2.30. The highest BCUT2D eigenvalue weighted by molar-refractivity contribution is 5.86. The Morgan fingerprint density at radius 2 is 2.06 bits per heavy atom. The van der Waals surface area contributed by atoms with Gasteiger partial charge in [-0.2, -0.15) is 0 Å². The predicted molar refractivity (Wildman–Crippen MR) is 57.6 cm³/mol. The van der Waals surface area contributed by atoms with Gasteiger partial charge in [0, 0.05) is 12.5 Å². The van der Waals surface area contributed by atoms with E-state index >= 15 is 0 Å².